The molecule has 1 aliphatic rings. The lowest BCUT2D eigenvalue weighted by atomic mass is 10.2. The van der Waals surface area contributed by atoms with Crippen LogP contribution in [0.4, 0.5) is 16.4 Å². The minimum Gasteiger partial charge on any atom is -0.280 e. The van der Waals surface area contributed by atoms with Gasteiger partial charge in [0.1, 0.15) is 5.82 Å². The van der Waals surface area contributed by atoms with Crippen LogP contribution in [-0.4, -0.2) is 28.3 Å². The lowest BCUT2D eigenvalue weighted by molar-refractivity contribution is 0.249. The molecule has 0 unspecified atom stereocenters. The van der Waals surface area contributed by atoms with Gasteiger partial charge in [-0.25, -0.2) is 20.3 Å². The van der Waals surface area contributed by atoms with Gasteiger partial charge in [0.05, 0.1) is 10.8 Å². The topological polar surface area (TPSA) is 103 Å². The molecule has 8 nitrogen and oxygen atoms in total. The van der Waals surface area contributed by atoms with Crippen molar-refractivity contribution in [3.8, 4) is 0 Å². The van der Waals surface area contributed by atoms with Crippen molar-refractivity contribution in [2.45, 2.75) is 6.92 Å². The van der Waals surface area contributed by atoms with Crippen LogP contribution < -0.4 is 21.3 Å². The van der Waals surface area contributed by atoms with Gasteiger partial charge >= 0.3 is 6.03 Å². The van der Waals surface area contributed by atoms with Crippen molar-refractivity contribution >= 4 is 28.4 Å². The Morgan fingerprint density at radius 3 is 2.83 bits per heavy atom. The van der Waals surface area contributed by atoms with Gasteiger partial charge in [0.2, 0.25) is 0 Å². The number of nitrogens with one attached hydrogen (secondary N) is 3. The van der Waals surface area contributed by atoms with E-state index in [-0.39, 0.29) is 11.6 Å². The Balaban J connectivity index is 2.51. The molecular weight excluding hydrogens is 236 g/mol. The van der Waals surface area contributed by atoms with Crippen LogP contribution in [0.2, 0.25) is 0 Å². The van der Waals surface area contributed by atoms with Gasteiger partial charge in [-0.15, -0.1) is 0 Å². The number of nitrogens with zero attached hydrogens (tertiary/aromatic N) is 3. The van der Waals surface area contributed by atoms with Crippen molar-refractivity contribution in [1.82, 2.24) is 20.6 Å². The largest absolute Gasteiger partial charge is 0.341 e. The van der Waals surface area contributed by atoms with Crippen LogP contribution in [-0.2, 0) is 0 Å². The summed E-state index contributed by atoms with van der Waals surface area (Å²) in [6.45, 7) is 1.76. The number of hydrogen-bond acceptors (Lipinski definition) is 5. The number of carbonyl (C=O) groups is 1. The third-order valence-corrected chi connectivity index (χ3v) is 2.79. The number of rotatable bonds is 0. The van der Waals surface area contributed by atoms with Gasteiger partial charge in [0.25, 0.3) is 5.56 Å². The molecule has 0 aromatic carbocycles. The van der Waals surface area contributed by atoms with Gasteiger partial charge in [0.15, 0.2) is 5.82 Å². The molecule has 8 heteroatoms. The van der Waals surface area contributed by atoms with Gasteiger partial charge in [-0.1, -0.05) is 0 Å². The summed E-state index contributed by atoms with van der Waals surface area (Å²) in [6, 6.07) is 1.29. The average molecular weight is 246 g/mol. The quantitative estimate of drug-likeness (QED) is 0.612. The molecule has 0 fully saturated rings. The monoisotopic (exact) mass is 246 g/mol. The van der Waals surface area contributed by atoms with Crippen LogP contribution in [0.1, 0.15) is 5.69 Å². The SMILES string of the molecule is Cc1cc2c(=O)[nH]nc3c2c(n1)N(C)C(=O)NN3. The fraction of sp³-hybridized carbons (Fsp3) is 0.200. The average Bonchev–Trinajstić information content (AvgIpc) is 2.46. The number of carbonyl (C=O) groups excluding carboxylic acids is 1. The highest BCUT2D eigenvalue weighted by Gasteiger charge is 2.23. The second-order valence-corrected chi connectivity index (χ2v) is 4.03. The molecule has 3 rings (SSSR count). The number of aromatic nitrogens is 3. The second-order valence-electron chi connectivity index (χ2n) is 4.03. The second kappa shape index (κ2) is 3.42. The minimum atomic E-state index is -0.375. The van der Waals surface area contributed by atoms with Gasteiger partial charge in [-0.3, -0.25) is 15.1 Å². The highest BCUT2D eigenvalue weighted by atomic mass is 16.2. The highest BCUT2D eigenvalue weighted by Crippen LogP contribution is 2.29. The van der Waals surface area contributed by atoms with Gasteiger partial charge in [-0.2, -0.15) is 5.10 Å². The maximum absolute atomic E-state index is 11.8. The Kier molecular flexibility index (Phi) is 2.00. The number of anilines is 2. The van der Waals surface area contributed by atoms with E-state index in [1.54, 1.807) is 20.0 Å². The van der Waals surface area contributed by atoms with E-state index in [2.05, 4.69) is 26.0 Å². The predicted molar refractivity (Wildman–Crippen MR) is 65.5 cm³/mol. The van der Waals surface area contributed by atoms with Crippen LogP contribution in [0, 0.1) is 6.92 Å². The van der Waals surface area contributed by atoms with E-state index >= 15 is 0 Å². The zero-order valence-corrected chi connectivity index (χ0v) is 9.74. The van der Waals surface area contributed by atoms with E-state index in [9.17, 15) is 9.59 Å². The molecule has 0 atom stereocenters. The molecule has 0 saturated carbocycles. The van der Waals surface area contributed by atoms with Crippen LogP contribution in [0.15, 0.2) is 10.9 Å². The first-order valence-electron chi connectivity index (χ1n) is 5.27. The van der Waals surface area contributed by atoms with Crippen LogP contribution in [0.5, 0.6) is 0 Å². The van der Waals surface area contributed by atoms with E-state index in [1.165, 1.54) is 4.90 Å². The Morgan fingerprint density at radius 2 is 2.06 bits per heavy atom. The van der Waals surface area contributed by atoms with Crippen LogP contribution in [0.3, 0.4) is 0 Å². The summed E-state index contributed by atoms with van der Waals surface area (Å²) in [5, 5.41) is 7.20. The molecule has 1 aliphatic heterocycles. The van der Waals surface area contributed by atoms with Crippen molar-refractivity contribution in [3.63, 3.8) is 0 Å². The lowest BCUT2D eigenvalue weighted by Crippen LogP contribution is -2.39. The molecule has 0 bridgehead atoms. The smallest absolute Gasteiger partial charge is 0.280 e. The summed E-state index contributed by atoms with van der Waals surface area (Å²) in [6.07, 6.45) is 0. The van der Waals surface area contributed by atoms with Gasteiger partial charge < -0.3 is 0 Å². The summed E-state index contributed by atoms with van der Waals surface area (Å²) in [4.78, 5) is 29.1. The van der Waals surface area contributed by atoms with E-state index in [0.29, 0.717) is 28.1 Å². The van der Waals surface area contributed by atoms with E-state index in [4.69, 9.17) is 0 Å². The molecule has 92 valence electrons. The maximum atomic E-state index is 11.8. The Morgan fingerprint density at radius 1 is 1.28 bits per heavy atom. The summed E-state index contributed by atoms with van der Waals surface area (Å²) < 4.78 is 0. The molecule has 3 heterocycles. The molecule has 3 N–H and O–H groups in total. The fourth-order valence-electron chi connectivity index (χ4n) is 1.92. The van der Waals surface area contributed by atoms with E-state index < -0.39 is 0 Å². The molecule has 2 aromatic heterocycles. The molecule has 0 saturated heterocycles. The number of aromatic amines is 1. The summed E-state index contributed by atoms with van der Waals surface area (Å²) >= 11 is 0. The van der Waals surface area contributed by atoms with E-state index in [0.717, 1.165) is 0 Å². The number of urea groups is 1. The first-order chi connectivity index (χ1) is 8.58. The Labute approximate surface area is 101 Å². The summed E-state index contributed by atoms with van der Waals surface area (Å²) in [7, 11) is 1.58. The zero-order valence-electron chi connectivity index (χ0n) is 9.74. The molecule has 0 aliphatic carbocycles. The standard InChI is InChI=1S/C10H10N6O2/c1-4-3-5-6-7(12-14-9(5)17)13-15-10(18)16(2)8(6)11-4/h3H,1-2H3,(H,12,13)(H,14,17)(H,15,18). The number of H-pyrrole nitrogens is 1. The van der Waals surface area contributed by atoms with Gasteiger partial charge in [-0.05, 0) is 13.0 Å². The predicted octanol–water partition coefficient (Wildman–Crippen LogP) is 0.113. The molecular formula is C10H10N6O2. The Bertz CT molecular complexity index is 722. The summed E-state index contributed by atoms with van der Waals surface area (Å²) in [5.41, 5.74) is 5.45. The zero-order chi connectivity index (χ0) is 12.9. The lowest BCUT2D eigenvalue weighted by Gasteiger charge is -2.14. The van der Waals surface area contributed by atoms with Crippen LogP contribution >= 0.6 is 0 Å². The maximum Gasteiger partial charge on any atom is 0.341 e. The number of amides is 2. The Hall–Kier alpha value is -2.64. The van der Waals surface area contributed by atoms with Crippen molar-refractivity contribution < 1.29 is 4.79 Å². The highest BCUT2D eigenvalue weighted by molar-refractivity contribution is 6.07. The number of hydrazine groups is 1. The number of aryl methyl sites for hydroxylation is 1. The van der Waals surface area contributed by atoms with Crippen molar-refractivity contribution in [1.29, 1.82) is 0 Å². The molecule has 0 spiro atoms. The molecule has 2 aromatic rings. The fourth-order valence-corrected chi connectivity index (χ4v) is 1.92. The van der Waals surface area contributed by atoms with Crippen molar-refractivity contribution in [2.75, 3.05) is 17.4 Å². The van der Waals surface area contributed by atoms with Gasteiger partial charge in [0, 0.05) is 12.7 Å². The van der Waals surface area contributed by atoms with Crippen molar-refractivity contribution in [3.05, 3.63) is 22.1 Å². The number of hydrogen-bond donors (Lipinski definition) is 3. The van der Waals surface area contributed by atoms with Crippen LogP contribution in [0.25, 0.3) is 10.8 Å². The first-order valence-corrected chi connectivity index (χ1v) is 5.27. The minimum absolute atomic E-state index is 0.315. The third kappa shape index (κ3) is 1.32. The number of pyridine rings is 1. The third-order valence-electron chi connectivity index (χ3n) is 2.79. The van der Waals surface area contributed by atoms with E-state index in [1.807, 2.05) is 0 Å². The summed E-state index contributed by atoms with van der Waals surface area (Å²) in [5.74, 6) is 0.769. The molecule has 18 heavy (non-hydrogen) atoms. The first kappa shape index (κ1) is 10.5. The normalized spacial score (nSPS) is 14.1. The molecule has 0 radical (unpaired) electrons. The van der Waals surface area contributed by atoms with Crippen molar-refractivity contribution in [2.24, 2.45) is 0 Å². The molecule has 2 amide bonds.